The molecule has 14 heteroatoms. The monoisotopic (exact) mass is 621 g/mol. The van der Waals surface area contributed by atoms with Crippen molar-refractivity contribution in [3.05, 3.63) is 70.8 Å². The van der Waals surface area contributed by atoms with Crippen LogP contribution in [0.25, 0.3) is 22.2 Å². The van der Waals surface area contributed by atoms with E-state index in [2.05, 4.69) is 25.0 Å². The summed E-state index contributed by atoms with van der Waals surface area (Å²) in [6, 6.07) is 4.83. The summed E-state index contributed by atoms with van der Waals surface area (Å²) in [5.41, 5.74) is -1.20. The Bertz CT molecular complexity index is 1690. The van der Waals surface area contributed by atoms with Crippen LogP contribution in [0.1, 0.15) is 70.3 Å². The number of rotatable bonds is 5. The van der Waals surface area contributed by atoms with Crippen LogP contribution in [-0.2, 0) is 10.3 Å². The summed E-state index contributed by atoms with van der Waals surface area (Å²) < 4.78 is 66.9. The Balaban J connectivity index is 1.67. The molecule has 0 saturated carbocycles. The number of carbonyl (C=O) groups is 1. The molecule has 0 fully saturated rings. The van der Waals surface area contributed by atoms with Crippen molar-refractivity contribution in [2.45, 2.75) is 70.7 Å². The molecule has 1 aliphatic heterocycles. The average Bonchev–Trinajstić information content (AvgIpc) is 3.38. The van der Waals surface area contributed by atoms with Crippen LogP contribution < -0.4 is 10.1 Å². The zero-order valence-electron chi connectivity index (χ0n) is 23.8. The minimum Gasteiger partial charge on any atom is -0.444 e. The first-order chi connectivity index (χ1) is 19.9. The summed E-state index contributed by atoms with van der Waals surface area (Å²) in [6.45, 7) is 8.08. The summed E-state index contributed by atoms with van der Waals surface area (Å²) in [7, 11) is 0. The third kappa shape index (κ3) is 6.37. The SMILES string of the molecule is CC(C)(C)OC(=O)N[C@@H]1C[C@H](c2c(Cl)cccc2OC(F)(F)F)n2c1nc1cc(F)c(-c3cnc(C(C)(C)O)nc3)cc12. The number of nitrogens with zero attached hydrogens (tertiary/aromatic N) is 4. The van der Waals surface area contributed by atoms with Crippen LogP contribution in [0.4, 0.5) is 22.4 Å². The molecule has 43 heavy (non-hydrogen) atoms. The van der Waals surface area contributed by atoms with Gasteiger partial charge in [-0.05, 0) is 52.8 Å². The first-order valence-electron chi connectivity index (χ1n) is 13.2. The minimum absolute atomic E-state index is 0.00425. The highest BCUT2D eigenvalue weighted by molar-refractivity contribution is 6.31. The zero-order valence-corrected chi connectivity index (χ0v) is 24.5. The number of alkyl halides is 3. The molecule has 0 saturated heterocycles. The van der Waals surface area contributed by atoms with Crippen molar-refractivity contribution < 1.29 is 36.9 Å². The van der Waals surface area contributed by atoms with Gasteiger partial charge >= 0.3 is 12.5 Å². The molecule has 2 atom stereocenters. The van der Waals surface area contributed by atoms with Gasteiger partial charge in [-0.1, -0.05) is 17.7 Å². The maximum Gasteiger partial charge on any atom is 0.573 e. The van der Waals surface area contributed by atoms with Gasteiger partial charge < -0.3 is 24.5 Å². The van der Waals surface area contributed by atoms with Crippen molar-refractivity contribution in [3.8, 4) is 16.9 Å². The largest absolute Gasteiger partial charge is 0.573 e. The number of alkyl carbamates (subject to hydrolysis) is 1. The van der Waals surface area contributed by atoms with E-state index in [9.17, 15) is 23.1 Å². The lowest BCUT2D eigenvalue weighted by Gasteiger charge is -2.22. The van der Waals surface area contributed by atoms with Crippen molar-refractivity contribution in [3.63, 3.8) is 0 Å². The number of nitrogens with one attached hydrogen (secondary N) is 1. The van der Waals surface area contributed by atoms with Gasteiger partial charge in [-0.3, -0.25) is 0 Å². The van der Waals surface area contributed by atoms with E-state index in [1.54, 1.807) is 25.3 Å². The van der Waals surface area contributed by atoms with Crippen molar-refractivity contribution >= 4 is 28.7 Å². The number of halogens is 5. The van der Waals surface area contributed by atoms with Crippen molar-refractivity contribution in [2.24, 2.45) is 0 Å². The number of amides is 1. The van der Waals surface area contributed by atoms with Gasteiger partial charge in [-0.25, -0.2) is 24.1 Å². The number of carbonyl (C=O) groups excluding carboxylic acids is 1. The number of hydrogen-bond acceptors (Lipinski definition) is 7. The van der Waals surface area contributed by atoms with Crippen molar-refractivity contribution in [2.75, 3.05) is 0 Å². The fraction of sp³-hybridized carbons (Fsp3) is 0.379. The molecule has 5 rings (SSSR count). The number of aromatic nitrogens is 4. The lowest BCUT2D eigenvalue weighted by atomic mass is 10.0. The molecule has 1 aliphatic rings. The second-order valence-corrected chi connectivity index (χ2v) is 12.1. The van der Waals surface area contributed by atoms with E-state index >= 15 is 4.39 Å². The Morgan fingerprint density at radius 2 is 1.79 bits per heavy atom. The van der Waals surface area contributed by atoms with Gasteiger partial charge in [0.25, 0.3) is 0 Å². The highest BCUT2D eigenvalue weighted by Crippen LogP contribution is 2.47. The molecule has 3 heterocycles. The first kappa shape index (κ1) is 30.5. The zero-order chi connectivity index (χ0) is 31.5. The van der Waals surface area contributed by atoms with E-state index in [4.69, 9.17) is 16.3 Å². The van der Waals surface area contributed by atoms with Gasteiger partial charge in [0, 0.05) is 46.6 Å². The molecule has 2 aromatic carbocycles. The fourth-order valence-corrected chi connectivity index (χ4v) is 5.31. The molecule has 2 aromatic heterocycles. The van der Waals surface area contributed by atoms with Gasteiger partial charge in [-0.15, -0.1) is 13.2 Å². The number of hydrogen-bond donors (Lipinski definition) is 2. The quantitative estimate of drug-likeness (QED) is 0.232. The third-order valence-electron chi connectivity index (χ3n) is 6.66. The smallest absolute Gasteiger partial charge is 0.444 e. The molecule has 228 valence electrons. The molecule has 4 aromatic rings. The Morgan fingerprint density at radius 3 is 2.40 bits per heavy atom. The predicted molar refractivity (Wildman–Crippen MR) is 149 cm³/mol. The number of fused-ring (bicyclic) bond motifs is 3. The molecule has 0 bridgehead atoms. The van der Waals surface area contributed by atoms with E-state index in [1.165, 1.54) is 50.5 Å². The minimum atomic E-state index is -5.00. The lowest BCUT2D eigenvalue weighted by Crippen LogP contribution is -2.34. The molecule has 9 nitrogen and oxygen atoms in total. The lowest BCUT2D eigenvalue weighted by molar-refractivity contribution is -0.275. The van der Waals surface area contributed by atoms with Crippen LogP contribution >= 0.6 is 11.6 Å². The van der Waals surface area contributed by atoms with E-state index in [0.29, 0.717) is 11.1 Å². The van der Waals surface area contributed by atoms with E-state index in [-0.39, 0.29) is 39.7 Å². The molecular formula is C29H28ClF4N5O4. The van der Waals surface area contributed by atoms with Crippen molar-refractivity contribution in [1.29, 1.82) is 0 Å². The van der Waals surface area contributed by atoms with E-state index < -0.39 is 47.3 Å². The summed E-state index contributed by atoms with van der Waals surface area (Å²) in [5, 5.41) is 12.9. The normalized spacial score (nSPS) is 17.2. The van der Waals surface area contributed by atoms with Crippen LogP contribution in [-0.4, -0.2) is 42.7 Å². The molecule has 0 spiro atoms. The van der Waals surface area contributed by atoms with Gasteiger partial charge in [0.1, 0.15) is 28.6 Å². The Morgan fingerprint density at radius 1 is 1.12 bits per heavy atom. The fourth-order valence-electron chi connectivity index (χ4n) is 5.02. The second-order valence-electron chi connectivity index (χ2n) is 11.7. The van der Waals surface area contributed by atoms with Gasteiger partial charge in [0.05, 0.1) is 23.1 Å². The highest BCUT2D eigenvalue weighted by Gasteiger charge is 2.41. The summed E-state index contributed by atoms with van der Waals surface area (Å²) in [4.78, 5) is 25.6. The molecule has 0 aliphatic carbocycles. The van der Waals surface area contributed by atoms with Crippen LogP contribution in [0.5, 0.6) is 5.75 Å². The Hall–Kier alpha value is -3.97. The summed E-state index contributed by atoms with van der Waals surface area (Å²) >= 11 is 6.48. The maximum atomic E-state index is 15.4. The van der Waals surface area contributed by atoms with Gasteiger partial charge in [-0.2, -0.15) is 0 Å². The Labute approximate surface area is 248 Å². The van der Waals surface area contributed by atoms with Crippen LogP contribution in [0.3, 0.4) is 0 Å². The average molecular weight is 622 g/mol. The molecule has 1 amide bonds. The third-order valence-corrected chi connectivity index (χ3v) is 6.99. The molecule has 2 N–H and O–H groups in total. The first-order valence-corrected chi connectivity index (χ1v) is 13.6. The topological polar surface area (TPSA) is 111 Å². The number of benzene rings is 2. The number of imidazole rings is 1. The molecule has 0 unspecified atom stereocenters. The number of aliphatic hydroxyl groups is 1. The maximum absolute atomic E-state index is 15.4. The van der Waals surface area contributed by atoms with Crippen LogP contribution in [0.2, 0.25) is 5.02 Å². The predicted octanol–water partition coefficient (Wildman–Crippen LogP) is 6.97. The van der Waals surface area contributed by atoms with Crippen LogP contribution in [0.15, 0.2) is 42.7 Å². The van der Waals surface area contributed by atoms with Crippen LogP contribution in [0, 0.1) is 5.82 Å². The molecular weight excluding hydrogens is 594 g/mol. The Kier molecular flexibility index (Phi) is 7.54. The van der Waals surface area contributed by atoms with Gasteiger partial charge in [0.2, 0.25) is 0 Å². The molecule has 0 radical (unpaired) electrons. The summed E-state index contributed by atoms with van der Waals surface area (Å²) in [6.07, 6.45) is -3.00. The van der Waals surface area contributed by atoms with E-state index in [0.717, 1.165) is 6.07 Å². The van der Waals surface area contributed by atoms with Gasteiger partial charge in [0.15, 0.2) is 5.82 Å². The second kappa shape index (κ2) is 10.6. The number of ether oxygens (including phenoxy) is 2. The van der Waals surface area contributed by atoms with Crippen molar-refractivity contribution in [1.82, 2.24) is 24.8 Å². The summed E-state index contributed by atoms with van der Waals surface area (Å²) in [5.74, 6) is -0.784. The standard InChI is InChI=1S/C29H28ClF4N5O4/c1-27(2,3)43-26(40)38-19-11-21(23-16(30)7-6-8-22(23)42-29(32,33)34)39-20-9-15(17(31)10-18(20)37-24(19)39)14-12-35-25(36-13-14)28(4,5)41/h6-10,12-13,19,21,41H,11H2,1-5H3,(H,38,40)/t19-,21-/m1/s1. The highest BCUT2D eigenvalue weighted by atomic mass is 35.5. The van der Waals surface area contributed by atoms with E-state index in [1.807, 2.05) is 0 Å².